The molecule has 1 fully saturated rings. The van der Waals surface area contributed by atoms with E-state index in [2.05, 4.69) is 11.8 Å². The van der Waals surface area contributed by atoms with E-state index in [1.807, 2.05) is 4.90 Å². The fourth-order valence-corrected chi connectivity index (χ4v) is 3.06. The lowest BCUT2D eigenvalue weighted by atomic mass is 10.3. The number of hydrogen-bond acceptors (Lipinski definition) is 4. The average molecular weight is 305 g/mol. The van der Waals surface area contributed by atoms with E-state index in [4.69, 9.17) is 5.73 Å². The largest absolute Gasteiger partial charge is 0.341 e. The molecule has 0 bridgehead atoms. The summed E-state index contributed by atoms with van der Waals surface area (Å²) in [6.07, 6.45) is 2.11. The van der Waals surface area contributed by atoms with Gasteiger partial charge < -0.3 is 15.5 Å². The van der Waals surface area contributed by atoms with Crippen molar-refractivity contribution in [3.8, 4) is 11.8 Å². The molecule has 2 amide bonds. The molecule has 0 aromatic carbocycles. The summed E-state index contributed by atoms with van der Waals surface area (Å²) in [5, 5.41) is 0. The minimum Gasteiger partial charge on any atom is -0.341 e. The van der Waals surface area contributed by atoms with Crippen LogP contribution in [0.15, 0.2) is 12.1 Å². The number of rotatable bonds is 3. The van der Waals surface area contributed by atoms with E-state index in [0.29, 0.717) is 11.4 Å². The van der Waals surface area contributed by atoms with E-state index in [0.717, 1.165) is 30.8 Å². The normalized spacial score (nSPS) is 13.7. The minimum atomic E-state index is -0.145. The maximum atomic E-state index is 12.3. The molecule has 2 N–H and O–H groups in total. The van der Waals surface area contributed by atoms with Gasteiger partial charge in [0, 0.05) is 20.1 Å². The monoisotopic (exact) mass is 305 g/mol. The Hall–Kier alpha value is -1.84. The van der Waals surface area contributed by atoms with Crippen LogP contribution in [0.5, 0.6) is 0 Å². The van der Waals surface area contributed by atoms with Crippen molar-refractivity contribution < 1.29 is 9.59 Å². The minimum absolute atomic E-state index is 0.0167. The number of carbonyl (C=O) groups is 2. The molecule has 1 aliphatic rings. The molecule has 21 heavy (non-hydrogen) atoms. The van der Waals surface area contributed by atoms with Crippen LogP contribution in [0.3, 0.4) is 0 Å². The number of nitrogens with two attached hydrogens (primary N) is 1. The quantitative estimate of drug-likeness (QED) is 0.838. The number of likely N-dealkylation sites (N-methyl/N-ethyl adjacent to an activating group) is 1. The molecule has 1 aromatic rings. The summed E-state index contributed by atoms with van der Waals surface area (Å²) in [4.78, 5) is 29.0. The molecule has 1 saturated heterocycles. The van der Waals surface area contributed by atoms with E-state index in [9.17, 15) is 9.59 Å². The third kappa shape index (κ3) is 4.06. The Morgan fingerprint density at radius 2 is 2.10 bits per heavy atom. The van der Waals surface area contributed by atoms with Crippen LogP contribution in [0.4, 0.5) is 0 Å². The van der Waals surface area contributed by atoms with Crippen molar-refractivity contribution in [3.63, 3.8) is 0 Å². The van der Waals surface area contributed by atoms with Crippen LogP contribution in [-0.2, 0) is 4.79 Å². The van der Waals surface area contributed by atoms with Gasteiger partial charge in [0.25, 0.3) is 5.91 Å². The fraction of sp³-hybridized carbons (Fsp3) is 0.467. The van der Waals surface area contributed by atoms with Crippen molar-refractivity contribution in [2.24, 2.45) is 5.73 Å². The van der Waals surface area contributed by atoms with Crippen LogP contribution in [0, 0.1) is 11.8 Å². The molecule has 6 heteroatoms. The highest BCUT2D eigenvalue weighted by Crippen LogP contribution is 2.17. The second-order valence-corrected chi connectivity index (χ2v) is 6.00. The lowest BCUT2D eigenvalue weighted by molar-refractivity contribution is -0.130. The van der Waals surface area contributed by atoms with Gasteiger partial charge in [-0.3, -0.25) is 9.59 Å². The molecule has 2 heterocycles. The van der Waals surface area contributed by atoms with Gasteiger partial charge in [-0.25, -0.2) is 0 Å². The molecule has 1 aliphatic heterocycles. The van der Waals surface area contributed by atoms with Crippen molar-refractivity contribution in [2.75, 3.05) is 33.2 Å². The summed E-state index contributed by atoms with van der Waals surface area (Å²) in [6.45, 7) is 2.03. The molecule has 1 aromatic heterocycles. The fourth-order valence-electron chi connectivity index (χ4n) is 2.19. The highest BCUT2D eigenvalue weighted by Gasteiger charge is 2.22. The van der Waals surface area contributed by atoms with Gasteiger partial charge in [0.1, 0.15) is 0 Å². The maximum Gasteiger partial charge on any atom is 0.264 e. The van der Waals surface area contributed by atoms with E-state index in [-0.39, 0.29) is 18.4 Å². The van der Waals surface area contributed by atoms with E-state index in [1.54, 1.807) is 19.2 Å². The van der Waals surface area contributed by atoms with Crippen LogP contribution >= 0.6 is 11.3 Å². The van der Waals surface area contributed by atoms with Crippen molar-refractivity contribution in [1.82, 2.24) is 9.80 Å². The van der Waals surface area contributed by atoms with Gasteiger partial charge in [0.15, 0.2) is 0 Å². The number of hydrogen-bond donors (Lipinski definition) is 1. The van der Waals surface area contributed by atoms with Crippen LogP contribution in [0.25, 0.3) is 0 Å². The molecule has 2 rings (SSSR count). The highest BCUT2D eigenvalue weighted by atomic mass is 32.1. The SMILES string of the molecule is CN(CC(=O)N1CCCC1)C(=O)c1ccc(C#CCN)s1. The van der Waals surface area contributed by atoms with Crippen LogP contribution in [0.1, 0.15) is 27.4 Å². The summed E-state index contributed by atoms with van der Waals surface area (Å²) < 4.78 is 0. The third-order valence-corrected chi connectivity index (χ3v) is 4.30. The number of carbonyl (C=O) groups excluding carboxylic acids is 2. The van der Waals surface area contributed by atoms with Gasteiger partial charge >= 0.3 is 0 Å². The van der Waals surface area contributed by atoms with Crippen molar-refractivity contribution in [1.29, 1.82) is 0 Å². The summed E-state index contributed by atoms with van der Waals surface area (Å²) in [5.41, 5.74) is 5.32. The Kier molecular flexibility index (Phi) is 5.37. The van der Waals surface area contributed by atoms with Crippen LogP contribution in [-0.4, -0.2) is 54.8 Å². The molecule has 5 nitrogen and oxygen atoms in total. The zero-order valence-corrected chi connectivity index (χ0v) is 12.9. The average Bonchev–Trinajstić information content (AvgIpc) is 3.15. The van der Waals surface area contributed by atoms with Gasteiger partial charge in [-0.05, 0) is 25.0 Å². The first-order valence-electron chi connectivity index (χ1n) is 6.94. The first-order valence-corrected chi connectivity index (χ1v) is 7.75. The van der Waals surface area contributed by atoms with Gasteiger partial charge in [-0.15, -0.1) is 11.3 Å². The predicted octanol–water partition coefficient (Wildman–Crippen LogP) is 0.753. The number of likely N-dealkylation sites (tertiary alicyclic amines) is 1. The summed E-state index contributed by atoms with van der Waals surface area (Å²) in [7, 11) is 1.65. The van der Waals surface area contributed by atoms with Crippen molar-refractivity contribution in [3.05, 3.63) is 21.9 Å². The Morgan fingerprint density at radius 1 is 1.38 bits per heavy atom. The Balaban J connectivity index is 1.95. The summed E-state index contributed by atoms with van der Waals surface area (Å²) in [5.74, 6) is 5.53. The first-order chi connectivity index (χ1) is 10.1. The Morgan fingerprint density at radius 3 is 2.76 bits per heavy atom. The summed E-state index contributed by atoms with van der Waals surface area (Å²) in [6, 6.07) is 3.54. The molecule has 112 valence electrons. The predicted molar refractivity (Wildman–Crippen MR) is 83.0 cm³/mol. The number of thiophene rings is 1. The number of amides is 2. The van der Waals surface area contributed by atoms with Gasteiger partial charge in [-0.2, -0.15) is 0 Å². The van der Waals surface area contributed by atoms with Crippen LogP contribution in [0.2, 0.25) is 0 Å². The molecular formula is C15H19N3O2S. The smallest absolute Gasteiger partial charge is 0.264 e. The van der Waals surface area contributed by atoms with Gasteiger partial charge in [0.05, 0.1) is 22.8 Å². The Labute approximate surface area is 128 Å². The van der Waals surface area contributed by atoms with Crippen molar-refractivity contribution in [2.45, 2.75) is 12.8 Å². The molecule has 0 spiro atoms. The van der Waals surface area contributed by atoms with Crippen LogP contribution < -0.4 is 5.73 Å². The molecule has 0 atom stereocenters. The zero-order valence-electron chi connectivity index (χ0n) is 12.1. The third-order valence-electron chi connectivity index (χ3n) is 3.31. The molecule has 0 aliphatic carbocycles. The van der Waals surface area contributed by atoms with Crippen molar-refractivity contribution >= 4 is 23.2 Å². The second kappa shape index (κ2) is 7.25. The second-order valence-electron chi connectivity index (χ2n) is 4.92. The molecule has 0 radical (unpaired) electrons. The number of nitrogens with zero attached hydrogens (tertiary/aromatic N) is 2. The lowest BCUT2D eigenvalue weighted by Crippen LogP contribution is -2.39. The molecule has 0 unspecified atom stereocenters. The van der Waals surface area contributed by atoms with E-state index >= 15 is 0 Å². The zero-order chi connectivity index (χ0) is 15.2. The van der Waals surface area contributed by atoms with E-state index < -0.39 is 0 Å². The summed E-state index contributed by atoms with van der Waals surface area (Å²) >= 11 is 1.32. The topological polar surface area (TPSA) is 66.6 Å². The molecular weight excluding hydrogens is 286 g/mol. The standard InChI is InChI=1S/C15H19N3O2S/c1-17(11-14(19)18-9-2-3-10-18)15(20)13-7-6-12(21-13)5-4-8-16/h6-7H,2-3,8-11,16H2,1H3. The van der Waals surface area contributed by atoms with Gasteiger partial charge in [-0.1, -0.05) is 11.8 Å². The van der Waals surface area contributed by atoms with Gasteiger partial charge in [0.2, 0.25) is 5.91 Å². The highest BCUT2D eigenvalue weighted by molar-refractivity contribution is 7.14. The van der Waals surface area contributed by atoms with E-state index in [1.165, 1.54) is 16.2 Å². The Bertz CT molecular complexity index is 579. The first kappa shape index (κ1) is 15.5. The maximum absolute atomic E-state index is 12.3. The lowest BCUT2D eigenvalue weighted by Gasteiger charge is -2.20. The molecule has 0 saturated carbocycles.